The van der Waals surface area contributed by atoms with Crippen LogP contribution in [0.4, 0.5) is 5.82 Å². The molecule has 0 bridgehead atoms. The number of hydrogen-bond donors (Lipinski definition) is 1. The van der Waals surface area contributed by atoms with E-state index >= 15 is 0 Å². The summed E-state index contributed by atoms with van der Waals surface area (Å²) >= 11 is 0. The maximum absolute atomic E-state index is 4.41. The molecule has 15 heavy (non-hydrogen) atoms. The third-order valence-electron chi connectivity index (χ3n) is 2.31. The van der Waals surface area contributed by atoms with Gasteiger partial charge in [0.25, 0.3) is 0 Å². The van der Waals surface area contributed by atoms with Crippen molar-refractivity contribution in [3.8, 4) is 0 Å². The molecule has 0 aliphatic heterocycles. The first-order valence-electron chi connectivity index (χ1n) is 5.41. The number of rotatable bonds is 5. The molecule has 0 spiro atoms. The quantitative estimate of drug-likeness (QED) is 0.794. The standard InChI is InChI=1S/C11H20N4/c1-5-15(9(2)3)11-8-13-10(6-12-4)7-14-11/h7-9,12H,5-6H2,1-4H3. The molecule has 0 saturated carbocycles. The van der Waals surface area contributed by atoms with Crippen molar-refractivity contribution in [2.45, 2.75) is 33.4 Å². The second-order valence-corrected chi connectivity index (χ2v) is 3.78. The smallest absolute Gasteiger partial charge is 0.147 e. The minimum atomic E-state index is 0.458. The van der Waals surface area contributed by atoms with Gasteiger partial charge in [0.15, 0.2) is 0 Å². The van der Waals surface area contributed by atoms with Gasteiger partial charge in [-0.25, -0.2) is 4.98 Å². The van der Waals surface area contributed by atoms with E-state index in [0.717, 1.165) is 24.6 Å². The van der Waals surface area contributed by atoms with Gasteiger partial charge in [0.05, 0.1) is 18.1 Å². The van der Waals surface area contributed by atoms with Gasteiger partial charge >= 0.3 is 0 Å². The van der Waals surface area contributed by atoms with Gasteiger partial charge < -0.3 is 10.2 Å². The predicted molar refractivity (Wildman–Crippen MR) is 63.0 cm³/mol. The average Bonchev–Trinajstić information content (AvgIpc) is 2.21. The van der Waals surface area contributed by atoms with E-state index in [1.54, 1.807) is 0 Å². The second-order valence-electron chi connectivity index (χ2n) is 3.78. The Morgan fingerprint density at radius 3 is 2.47 bits per heavy atom. The van der Waals surface area contributed by atoms with Crippen LogP contribution in [-0.2, 0) is 6.54 Å². The van der Waals surface area contributed by atoms with Crippen LogP contribution in [0.15, 0.2) is 12.4 Å². The van der Waals surface area contributed by atoms with E-state index in [1.807, 2.05) is 19.4 Å². The fraction of sp³-hybridized carbons (Fsp3) is 0.636. The molecule has 0 aliphatic rings. The Bertz CT molecular complexity index is 281. The number of nitrogens with zero attached hydrogens (tertiary/aromatic N) is 3. The molecule has 1 aromatic rings. The number of anilines is 1. The van der Waals surface area contributed by atoms with Gasteiger partial charge in [-0.3, -0.25) is 4.98 Å². The Morgan fingerprint density at radius 2 is 2.07 bits per heavy atom. The summed E-state index contributed by atoms with van der Waals surface area (Å²) < 4.78 is 0. The van der Waals surface area contributed by atoms with Gasteiger partial charge in [-0.05, 0) is 27.8 Å². The minimum absolute atomic E-state index is 0.458. The normalized spacial score (nSPS) is 10.7. The van der Waals surface area contributed by atoms with Crippen LogP contribution in [-0.4, -0.2) is 29.6 Å². The molecule has 1 heterocycles. The first-order chi connectivity index (χ1) is 7.19. The molecule has 1 aromatic heterocycles. The highest BCUT2D eigenvalue weighted by Crippen LogP contribution is 2.11. The molecule has 1 N–H and O–H groups in total. The van der Waals surface area contributed by atoms with Crippen LogP contribution < -0.4 is 10.2 Å². The SMILES string of the molecule is CCN(c1cnc(CNC)cn1)C(C)C. The first-order valence-corrected chi connectivity index (χ1v) is 5.41. The van der Waals surface area contributed by atoms with Crippen molar-refractivity contribution in [1.29, 1.82) is 0 Å². The van der Waals surface area contributed by atoms with Crippen molar-refractivity contribution in [2.75, 3.05) is 18.5 Å². The molecule has 0 radical (unpaired) electrons. The molecule has 0 aromatic carbocycles. The summed E-state index contributed by atoms with van der Waals surface area (Å²) in [4.78, 5) is 11.0. The molecular weight excluding hydrogens is 188 g/mol. The fourth-order valence-corrected chi connectivity index (χ4v) is 1.56. The minimum Gasteiger partial charge on any atom is -0.353 e. The molecular formula is C11H20N4. The molecule has 0 amide bonds. The second kappa shape index (κ2) is 5.66. The fourth-order valence-electron chi connectivity index (χ4n) is 1.56. The van der Waals surface area contributed by atoms with Crippen LogP contribution in [0.25, 0.3) is 0 Å². The lowest BCUT2D eigenvalue weighted by atomic mass is 10.3. The van der Waals surface area contributed by atoms with Gasteiger partial charge in [-0.15, -0.1) is 0 Å². The molecule has 1 rings (SSSR count). The molecule has 4 nitrogen and oxygen atoms in total. The van der Waals surface area contributed by atoms with E-state index in [0.29, 0.717) is 6.04 Å². The van der Waals surface area contributed by atoms with E-state index in [2.05, 4.69) is 41.0 Å². The highest BCUT2D eigenvalue weighted by Gasteiger charge is 2.09. The maximum atomic E-state index is 4.41. The average molecular weight is 208 g/mol. The summed E-state index contributed by atoms with van der Waals surface area (Å²) in [5.74, 6) is 0.951. The largest absolute Gasteiger partial charge is 0.353 e. The van der Waals surface area contributed by atoms with Gasteiger partial charge in [0.2, 0.25) is 0 Å². The Kier molecular flexibility index (Phi) is 4.49. The van der Waals surface area contributed by atoms with Crippen molar-refractivity contribution in [1.82, 2.24) is 15.3 Å². The maximum Gasteiger partial charge on any atom is 0.147 e. The van der Waals surface area contributed by atoms with E-state index < -0.39 is 0 Å². The van der Waals surface area contributed by atoms with Crippen molar-refractivity contribution in [2.24, 2.45) is 0 Å². The van der Waals surface area contributed by atoms with Crippen molar-refractivity contribution in [3.05, 3.63) is 18.1 Å². The summed E-state index contributed by atoms with van der Waals surface area (Å²) in [6.45, 7) is 8.17. The summed E-state index contributed by atoms with van der Waals surface area (Å²) in [6.07, 6.45) is 3.67. The van der Waals surface area contributed by atoms with Crippen molar-refractivity contribution < 1.29 is 0 Å². The zero-order valence-corrected chi connectivity index (χ0v) is 9.99. The molecule has 0 atom stereocenters. The summed E-state index contributed by atoms with van der Waals surface area (Å²) in [6, 6.07) is 0.458. The Balaban J connectivity index is 2.77. The van der Waals surface area contributed by atoms with Crippen LogP contribution in [0.1, 0.15) is 26.5 Å². The first kappa shape index (κ1) is 11.9. The zero-order chi connectivity index (χ0) is 11.3. The van der Waals surface area contributed by atoms with Crippen LogP contribution >= 0.6 is 0 Å². The Labute approximate surface area is 91.7 Å². The number of nitrogens with one attached hydrogen (secondary N) is 1. The van der Waals surface area contributed by atoms with Gasteiger partial charge in [0.1, 0.15) is 5.82 Å². The van der Waals surface area contributed by atoms with Crippen molar-refractivity contribution >= 4 is 5.82 Å². The molecule has 0 saturated heterocycles. The predicted octanol–water partition coefficient (Wildman–Crippen LogP) is 1.43. The number of hydrogen-bond acceptors (Lipinski definition) is 4. The van der Waals surface area contributed by atoms with Gasteiger partial charge in [-0.1, -0.05) is 0 Å². The van der Waals surface area contributed by atoms with Crippen LogP contribution in [0.2, 0.25) is 0 Å². The lowest BCUT2D eigenvalue weighted by Gasteiger charge is -2.25. The number of aromatic nitrogens is 2. The third-order valence-corrected chi connectivity index (χ3v) is 2.31. The van der Waals surface area contributed by atoms with Crippen LogP contribution in [0.3, 0.4) is 0 Å². The topological polar surface area (TPSA) is 41.1 Å². The van der Waals surface area contributed by atoms with Gasteiger partial charge in [-0.2, -0.15) is 0 Å². The lowest BCUT2D eigenvalue weighted by Crippen LogP contribution is -2.31. The molecule has 0 fully saturated rings. The summed E-state index contributed by atoms with van der Waals surface area (Å²) in [7, 11) is 1.90. The zero-order valence-electron chi connectivity index (χ0n) is 9.99. The van der Waals surface area contributed by atoms with Crippen molar-refractivity contribution in [3.63, 3.8) is 0 Å². The van der Waals surface area contributed by atoms with Crippen LogP contribution in [0.5, 0.6) is 0 Å². The molecule has 0 aliphatic carbocycles. The molecule has 0 unspecified atom stereocenters. The molecule has 4 heteroatoms. The van der Waals surface area contributed by atoms with E-state index in [9.17, 15) is 0 Å². The Hall–Kier alpha value is -1.16. The summed E-state index contributed by atoms with van der Waals surface area (Å²) in [5, 5.41) is 3.05. The van der Waals surface area contributed by atoms with E-state index in [1.165, 1.54) is 0 Å². The van der Waals surface area contributed by atoms with E-state index in [4.69, 9.17) is 0 Å². The Morgan fingerprint density at radius 1 is 1.33 bits per heavy atom. The molecule has 84 valence electrons. The van der Waals surface area contributed by atoms with E-state index in [-0.39, 0.29) is 0 Å². The highest BCUT2D eigenvalue weighted by atomic mass is 15.2. The third kappa shape index (κ3) is 3.16. The van der Waals surface area contributed by atoms with Crippen LogP contribution in [0, 0.1) is 0 Å². The monoisotopic (exact) mass is 208 g/mol. The van der Waals surface area contributed by atoms with Gasteiger partial charge in [0, 0.05) is 19.1 Å². The summed E-state index contributed by atoms with van der Waals surface area (Å²) in [5.41, 5.74) is 0.973. The highest BCUT2D eigenvalue weighted by molar-refractivity contribution is 5.36. The lowest BCUT2D eigenvalue weighted by molar-refractivity contribution is 0.687.